The summed E-state index contributed by atoms with van der Waals surface area (Å²) < 4.78 is 6.53. The van der Waals surface area contributed by atoms with Crippen molar-refractivity contribution in [1.82, 2.24) is 4.57 Å². The molecular weight excluding hydrogens is 185 g/mol. The van der Waals surface area contributed by atoms with E-state index in [2.05, 4.69) is 9.24 Å². The fourth-order valence-electron chi connectivity index (χ4n) is 1.29. The van der Waals surface area contributed by atoms with Crippen LogP contribution < -0.4 is 11.1 Å². The topological polar surface area (TPSA) is 35.1 Å². The monoisotopic (exact) mass is 195 g/mol. The third-order valence-electron chi connectivity index (χ3n) is 2.18. The van der Waals surface area contributed by atoms with Crippen molar-refractivity contribution in [2.24, 2.45) is 7.05 Å². The molecule has 2 aromatic rings. The fourth-order valence-corrected chi connectivity index (χ4v) is 1.53. The Morgan fingerprint density at radius 3 is 2.85 bits per heavy atom. The first-order valence-electron chi connectivity index (χ1n) is 3.95. The number of hydrogen-bond donors (Lipinski definition) is 0. The Hall–Kier alpha value is -1.08. The summed E-state index contributed by atoms with van der Waals surface area (Å²) in [5, 5.41) is 1.09. The molecule has 3 nitrogen and oxygen atoms in total. The minimum absolute atomic E-state index is 0.315. The molecule has 1 aromatic carbocycles. The summed E-state index contributed by atoms with van der Waals surface area (Å²) in [7, 11) is 4.34. The minimum Gasteiger partial charge on any atom is -0.408 e. The Balaban J connectivity index is 2.97. The number of fused-ring (bicyclic) bond motifs is 1. The molecule has 1 aromatic heterocycles. The number of nitrogens with zero attached hydrogens (tertiary/aromatic N) is 1. The van der Waals surface area contributed by atoms with Gasteiger partial charge in [0.05, 0.1) is 5.52 Å². The largest absolute Gasteiger partial charge is 0.419 e. The summed E-state index contributed by atoms with van der Waals surface area (Å²) in [6.45, 7) is 1.98. The van der Waals surface area contributed by atoms with Crippen molar-refractivity contribution in [1.29, 1.82) is 0 Å². The van der Waals surface area contributed by atoms with E-state index in [-0.39, 0.29) is 5.76 Å². The third kappa shape index (κ3) is 1.20. The van der Waals surface area contributed by atoms with Gasteiger partial charge in [-0.2, -0.15) is 0 Å². The van der Waals surface area contributed by atoms with E-state index in [9.17, 15) is 4.79 Å². The lowest BCUT2D eigenvalue weighted by atomic mass is 10.2. The van der Waals surface area contributed by atoms with Gasteiger partial charge in [0.2, 0.25) is 0 Å². The summed E-state index contributed by atoms with van der Waals surface area (Å²) in [5.74, 6) is -0.315. The average Bonchev–Trinajstić information content (AvgIpc) is 2.32. The van der Waals surface area contributed by atoms with Crippen molar-refractivity contribution >= 4 is 25.6 Å². The number of oxazole rings is 1. The van der Waals surface area contributed by atoms with Gasteiger partial charge in [0.25, 0.3) is 0 Å². The van der Waals surface area contributed by atoms with Gasteiger partial charge in [0.1, 0.15) is 0 Å². The highest BCUT2D eigenvalue weighted by atomic mass is 31.0. The van der Waals surface area contributed by atoms with Crippen LogP contribution in [0.5, 0.6) is 0 Å². The molecule has 0 amide bonds. The van der Waals surface area contributed by atoms with Crippen LogP contribution in [0.15, 0.2) is 21.3 Å². The van der Waals surface area contributed by atoms with Crippen molar-refractivity contribution in [2.75, 3.05) is 0 Å². The molecule has 0 spiro atoms. The Bertz CT molecular complexity index is 524. The second-order valence-corrected chi connectivity index (χ2v) is 3.73. The van der Waals surface area contributed by atoms with Crippen molar-refractivity contribution in [3.8, 4) is 0 Å². The van der Waals surface area contributed by atoms with Crippen LogP contribution >= 0.6 is 9.24 Å². The summed E-state index contributed by atoms with van der Waals surface area (Å²) >= 11 is 0. The molecule has 68 valence electrons. The molecule has 13 heavy (non-hydrogen) atoms. The van der Waals surface area contributed by atoms with E-state index < -0.39 is 0 Å². The molecule has 0 fully saturated rings. The van der Waals surface area contributed by atoms with Gasteiger partial charge in [-0.05, 0) is 29.9 Å². The van der Waals surface area contributed by atoms with Gasteiger partial charge in [-0.25, -0.2) is 4.79 Å². The van der Waals surface area contributed by atoms with Crippen LogP contribution in [0, 0.1) is 6.92 Å². The number of rotatable bonds is 0. The molecule has 2 rings (SSSR count). The Morgan fingerprint density at radius 2 is 2.15 bits per heavy atom. The van der Waals surface area contributed by atoms with E-state index >= 15 is 0 Å². The summed E-state index contributed by atoms with van der Waals surface area (Å²) in [4.78, 5) is 11.2. The normalized spacial score (nSPS) is 11.0. The third-order valence-corrected chi connectivity index (χ3v) is 2.80. The summed E-state index contributed by atoms with van der Waals surface area (Å²) in [6.07, 6.45) is 0. The number of aromatic nitrogens is 1. The first kappa shape index (κ1) is 8.52. The van der Waals surface area contributed by atoms with Gasteiger partial charge >= 0.3 is 5.76 Å². The van der Waals surface area contributed by atoms with Gasteiger partial charge in [0.15, 0.2) is 5.58 Å². The van der Waals surface area contributed by atoms with Gasteiger partial charge in [-0.3, -0.25) is 4.57 Å². The number of aryl methyl sites for hydroxylation is 2. The van der Waals surface area contributed by atoms with Gasteiger partial charge in [-0.15, -0.1) is 9.24 Å². The van der Waals surface area contributed by atoms with Gasteiger partial charge in [-0.1, -0.05) is 0 Å². The van der Waals surface area contributed by atoms with Crippen LogP contribution in [0.25, 0.3) is 11.1 Å². The molecule has 1 atom stereocenters. The molecule has 0 aliphatic heterocycles. The van der Waals surface area contributed by atoms with Crippen molar-refractivity contribution in [2.45, 2.75) is 6.92 Å². The maximum Gasteiger partial charge on any atom is 0.419 e. The first-order chi connectivity index (χ1) is 6.09. The minimum atomic E-state index is -0.315. The van der Waals surface area contributed by atoms with Crippen LogP contribution in [-0.2, 0) is 7.05 Å². The predicted octanol–water partition coefficient (Wildman–Crippen LogP) is 0.940. The lowest BCUT2D eigenvalue weighted by Crippen LogP contribution is -2.09. The van der Waals surface area contributed by atoms with Crippen molar-refractivity contribution in [3.05, 3.63) is 28.2 Å². The second kappa shape index (κ2) is 2.71. The molecule has 0 saturated heterocycles. The first-order valence-corrected chi connectivity index (χ1v) is 4.53. The highest BCUT2D eigenvalue weighted by Crippen LogP contribution is 2.13. The molecular formula is C9H10NO2P. The van der Waals surface area contributed by atoms with Gasteiger partial charge in [0, 0.05) is 7.05 Å². The lowest BCUT2D eigenvalue weighted by molar-refractivity contribution is 0.528. The Labute approximate surface area is 77.6 Å². The quantitative estimate of drug-likeness (QED) is 0.586. The molecule has 4 heteroatoms. The lowest BCUT2D eigenvalue weighted by Gasteiger charge is -1.98. The number of hydrogen-bond acceptors (Lipinski definition) is 2. The van der Waals surface area contributed by atoms with E-state index in [0.29, 0.717) is 5.58 Å². The molecule has 0 radical (unpaired) electrons. The van der Waals surface area contributed by atoms with Crippen LogP contribution in [0.2, 0.25) is 0 Å². The van der Waals surface area contributed by atoms with Crippen LogP contribution in [0.1, 0.15) is 5.56 Å². The molecule has 0 N–H and O–H groups in total. The highest BCUT2D eigenvalue weighted by molar-refractivity contribution is 7.27. The molecule has 0 bridgehead atoms. The zero-order valence-electron chi connectivity index (χ0n) is 7.50. The van der Waals surface area contributed by atoms with E-state index in [1.165, 1.54) is 4.57 Å². The molecule has 0 aliphatic rings. The smallest absolute Gasteiger partial charge is 0.408 e. The molecule has 1 heterocycles. The van der Waals surface area contributed by atoms with Gasteiger partial charge < -0.3 is 4.42 Å². The SMILES string of the molecule is Cc1cc2oc(=O)n(C)c2cc1P. The highest BCUT2D eigenvalue weighted by Gasteiger charge is 2.06. The molecule has 1 unspecified atom stereocenters. The standard InChI is InChI=1S/C9H10NO2P/c1-5-3-7-6(4-8(5)13)10(2)9(11)12-7/h3-4H,13H2,1-2H3. The maximum absolute atomic E-state index is 11.2. The number of benzene rings is 1. The maximum atomic E-state index is 11.2. The Kier molecular flexibility index (Phi) is 1.77. The zero-order chi connectivity index (χ0) is 9.59. The van der Waals surface area contributed by atoms with E-state index in [1.807, 2.05) is 19.1 Å². The fraction of sp³-hybridized carbons (Fsp3) is 0.222. The second-order valence-electron chi connectivity index (χ2n) is 3.10. The van der Waals surface area contributed by atoms with Crippen molar-refractivity contribution in [3.63, 3.8) is 0 Å². The predicted molar refractivity (Wildman–Crippen MR) is 55.5 cm³/mol. The zero-order valence-corrected chi connectivity index (χ0v) is 8.65. The summed E-state index contributed by atoms with van der Waals surface area (Å²) in [5.41, 5.74) is 2.59. The van der Waals surface area contributed by atoms with Crippen LogP contribution in [0.4, 0.5) is 0 Å². The average molecular weight is 195 g/mol. The van der Waals surface area contributed by atoms with E-state index in [0.717, 1.165) is 16.4 Å². The van der Waals surface area contributed by atoms with Crippen LogP contribution in [0.3, 0.4) is 0 Å². The molecule has 0 aliphatic carbocycles. The van der Waals surface area contributed by atoms with E-state index in [4.69, 9.17) is 4.42 Å². The van der Waals surface area contributed by atoms with E-state index in [1.54, 1.807) is 7.05 Å². The van der Waals surface area contributed by atoms with Crippen molar-refractivity contribution < 1.29 is 4.42 Å². The molecule has 0 saturated carbocycles. The van der Waals surface area contributed by atoms with Crippen LogP contribution in [-0.4, -0.2) is 4.57 Å². The Morgan fingerprint density at radius 1 is 1.46 bits per heavy atom. The summed E-state index contributed by atoms with van der Waals surface area (Å²) in [6, 6.07) is 3.80.